The van der Waals surface area contributed by atoms with Gasteiger partial charge in [-0.25, -0.2) is 10.0 Å². The van der Waals surface area contributed by atoms with Crippen molar-refractivity contribution in [3.05, 3.63) is 0 Å². The van der Waals surface area contributed by atoms with Crippen molar-refractivity contribution < 1.29 is 0 Å². The smallest absolute Gasteiger partial charge is 0.0218 e. The van der Waals surface area contributed by atoms with Crippen molar-refractivity contribution in [2.24, 2.45) is 0 Å². The maximum Gasteiger partial charge on any atom is 0.0218 e. The molecular formula is C10H20N2. The van der Waals surface area contributed by atoms with Crippen LogP contribution in [0.3, 0.4) is 0 Å². The summed E-state index contributed by atoms with van der Waals surface area (Å²) in [4.78, 5) is 0. The highest BCUT2D eigenvalue weighted by atomic mass is 15.6. The van der Waals surface area contributed by atoms with E-state index in [1.807, 2.05) is 0 Å². The summed E-state index contributed by atoms with van der Waals surface area (Å²) in [6.45, 7) is 6.29. The molecule has 1 atom stereocenters. The van der Waals surface area contributed by atoms with Crippen molar-refractivity contribution in [3.8, 4) is 0 Å². The van der Waals surface area contributed by atoms with Gasteiger partial charge in [0.2, 0.25) is 0 Å². The maximum atomic E-state index is 2.60. The molecule has 2 saturated heterocycles. The van der Waals surface area contributed by atoms with Crippen LogP contribution >= 0.6 is 0 Å². The predicted octanol–water partition coefficient (Wildman–Crippen LogP) is 1.87. The summed E-state index contributed by atoms with van der Waals surface area (Å²) in [5, 5.41) is 5.18. The van der Waals surface area contributed by atoms with Crippen LogP contribution in [0.25, 0.3) is 0 Å². The third-order valence-electron chi connectivity index (χ3n) is 3.21. The fourth-order valence-corrected chi connectivity index (χ4v) is 2.47. The van der Waals surface area contributed by atoms with Gasteiger partial charge >= 0.3 is 0 Å². The third-order valence-corrected chi connectivity index (χ3v) is 3.21. The highest BCUT2D eigenvalue weighted by Gasteiger charge is 2.26. The summed E-state index contributed by atoms with van der Waals surface area (Å²) in [5.41, 5.74) is 0. The summed E-state index contributed by atoms with van der Waals surface area (Å²) < 4.78 is 0. The van der Waals surface area contributed by atoms with Gasteiger partial charge in [0.1, 0.15) is 0 Å². The molecule has 2 heteroatoms. The SMILES string of the molecule is CC1CCCN1N1CCCCC1. The first-order valence-electron chi connectivity index (χ1n) is 5.39. The van der Waals surface area contributed by atoms with E-state index in [1.54, 1.807) is 0 Å². The average Bonchev–Trinajstić information content (AvgIpc) is 2.53. The Hall–Kier alpha value is -0.0800. The molecule has 0 aromatic heterocycles. The normalized spacial score (nSPS) is 34.2. The molecule has 0 aromatic carbocycles. The zero-order chi connectivity index (χ0) is 8.39. The van der Waals surface area contributed by atoms with Crippen molar-refractivity contribution in [3.63, 3.8) is 0 Å². The van der Waals surface area contributed by atoms with E-state index in [0.29, 0.717) is 0 Å². The lowest BCUT2D eigenvalue weighted by atomic mass is 10.1. The van der Waals surface area contributed by atoms with Crippen molar-refractivity contribution in [2.75, 3.05) is 19.6 Å². The van der Waals surface area contributed by atoms with Crippen LogP contribution < -0.4 is 0 Å². The number of hydrogen-bond acceptors (Lipinski definition) is 2. The standard InChI is InChI=1S/C10H20N2/c1-10-6-5-9-12(10)11-7-3-2-4-8-11/h10H,2-9H2,1H3. The van der Waals surface area contributed by atoms with Crippen molar-refractivity contribution in [1.29, 1.82) is 0 Å². The first-order chi connectivity index (χ1) is 5.88. The van der Waals surface area contributed by atoms with Crippen LogP contribution in [0, 0.1) is 0 Å². The van der Waals surface area contributed by atoms with Crippen molar-refractivity contribution in [1.82, 2.24) is 10.0 Å². The molecule has 0 spiro atoms. The van der Waals surface area contributed by atoms with Crippen molar-refractivity contribution >= 4 is 0 Å². The van der Waals surface area contributed by atoms with E-state index in [1.165, 1.54) is 51.7 Å². The quantitative estimate of drug-likeness (QED) is 0.590. The van der Waals surface area contributed by atoms with Gasteiger partial charge in [0.25, 0.3) is 0 Å². The summed E-state index contributed by atoms with van der Waals surface area (Å²) in [7, 11) is 0. The van der Waals surface area contributed by atoms with Gasteiger partial charge in [-0.05, 0) is 32.6 Å². The van der Waals surface area contributed by atoms with E-state index in [0.717, 1.165) is 6.04 Å². The Labute approximate surface area is 75.5 Å². The molecule has 12 heavy (non-hydrogen) atoms. The second kappa shape index (κ2) is 3.75. The molecular weight excluding hydrogens is 148 g/mol. The molecule has 0 amide bonds. The molecule has 2 aliphatic rings. The van der Waals surface area contributed by atoms with Gasteiger partial charge in [0, 0.05) is 25.7 Å². The fraction of sp³-hybridized carbons (Fsp3) is 1.00. The van der Waals surface area contributed by atoms with Crippen LogP contribution in [0.1, 0.15) is 39.0 Å². The minimum absolute atomic E-state index is 0.808. The van der Waals surface area contributed by atoms with Crippen molar-refractivity contribution in [2.45, 2.75) is 45.1 Å². The lowest BCUT2D eigenvalue weighted by molar-refractivity contribution is -0.0449. The number of piperidine rings is 1. The van der Waals surface area contributed by atoms with Crippen LogP contribution in [0.2, 0.25) is 0 Å². The Kier molecular flexibility index (Phi) is 2.66. The largest absolute Gasteiger partial charge is 0.242 e. The topological polar surface area (TPSA) is 6.48 Å². The molecule has 2 fully saturated rings. The minimum atomic E-state index is 0.808. The number of hydrogen-bond donors (Lipinski definition) is 0. The van der Waals surface area contributed by atoms with Gasteiger partial charge in [-0.15, -0.1) is 0 Å². The van der Waals surface area contributed by atoms with E-state index in [4.69, 9.17) is 0 Å². The lowest BCUT2D eigenvalue weighted by Gasteiger charge is -2.37. The number of hydrazine groups is 1. The zero-order valence-electron chi connectivity index (χ0n) is 8.13. The van der Waals surface area contributed by atoms with Crippen LogP contribution in [-0.4, -0.2) is 35.7 Å². The first kappa shape index (κ1) is 8.52. The van der Waals surface area contributed by atoms with Gasteiger partial charge in [-0.3, -0.25) is 0 Å². The van der Waals surface area contributed by atoms with Crippen LogP contribution in [-0.2, 0) is 0 Å². The molecule has 2 aliphatic heterocycles. The Bertz CT molecular complexity index is 141. The predicted molar refractivity (Wildman–Crippen MR) is 50.8 cm³/mol. The highest BCUT2D eigenvalue weighted by Crippen LogP contribution is 2.21. The molecule has 2 rings (SSSR count). The molecule has 0 N–H and O–H groups in total. The Morgan fingerprint density at radius 1 is 0.917 bits per heavy atom. The summed E-state index contributed by atoms with van der Waals surface area (Å²) in [6.07, 6.45) is 7.05. The molecule has 0 saturated carbocycles. The Morgan fingerprint density at radius 3 is 2.25 bits per heavy atom. The van der Waals surface area contributed by atoms with Gasteiger partial charge < -0.3 is 0 Å². The van der Waals surface area contributed by atoms with Gasteiger partial charge in [0.15, 0.2) is 0 Å². The molecule has 1 unspecified atom stereocenters. The van der Waals surface area contributed by atoms with E-state index in [9.17, 15) is 0 Å². The number of rotatable bonds is 1. The van der Waals surface area contributed by atoms with Crippen LogP contribution in [0.4, 0.5) is 0 Å². The van der Waals surface area contributed by atoms with E-state index >= 15 is 0 Å². The summed E-state index contributed by atoms with van der Waals surface area (Å²) in [6, 6.07) is 0.808. The van der Waals surface area contributed by atoms with Gasteiger partial charge in [-0.2, -0.15) is 0 Å². The second-order valence-electron chi connectivity index (χ2n) is 4.17. The molecule has 2 heterocycles. The van der Waals surface area contributed by atoms with E-state index in [-0.39, 0.29) is 0 Å². The fourth-order valence-electron chi connectivity index (χ4n) is 2.47. The first-order valence-corrected chi connectivity index (χ1v) is 5.39. The molecule has 70 valence electrons. The monoisotopic (exact) mass is 168 g/mol. The highest BCUT2D eigenvalue weighted by molar-refractivity contribution is 4.75. The van der Waals surface area contributed by atoms with Crippen LogP contribution in [0.5, 0.6) is 0 Å². The minimum Gasteiger partial charge on any atom is -0.242 e. The van der Waals surface area contributed by atoms with Gasteiger partial charge in [0.05, 0.1) is 0 Å². The second-order valence-corrected chi connectivity index (χ2v) is 4.17. The zero-order valence-corrected chi connectivity index (χ0v) is 8.13. The summed E-state index contributed by atoms with van der Waals surface area (Å²) in [5.74, 6) is 0. The molecule has 0 aromatic rings. The Morgan fingerprint density at radius 2 is 1.67 bits per heavy atom. The summed E-state index contributed by atoms with van der Waals surface area (Å²) >= 11 is 0. The van der Waals surface area contributed by atoms with Gasteiger partial charge in [-0.1, -0.05) is 6.42 Å². The Balaban J connectivity index is 1.89. The maximum absolute atomic E-state index is 2.60. The molecule has 0 bridgehead atoms. The lowest BCUT2D eigenvalue weighted by Crippen LogP contribution is -2.46. The molecule has 2 nitrogen and oxygen atoms in total. The van der Waals surface area contributed by atoms with E-state index in [2.05, 4.69) is 16.9 Å². The number of nitrogens with zero attached hydrogens (tertiary/aromatic N) is 2. The molecule has 0 aliphatic carbocycles. The average molecular weight is 168 g/mol. The molecule has 0 radical (unpaired) electrons. The van der Waals surface area contributed by atoms with Crippen LogP contribution in [0.15, 0.2) is 0 Å². The third kappa shape index (κ3) is 1.64. The van der Waals surface area contributed by atoms with E-state index < -0.39 is 0 Å².